The molecule has 0 aromatic heterocycles. The molecule has 756 valence electrons. The number of aliphatic carboxylic acids is 6. The van der Waals surface area contributed by atoms with Gasteiger partial charge in [-0.15, -0.1) is 0 Å². The lowest BCUT2D eigenvalue weighted by Gasteiger charge is -2.48. The SMILES string of the molecule is CC(C)(c1ccccc1)c1ccc(OCCOCCOC(=O)C2C3C=CC(C2C(=O)O)C(C(=O)O)C3C(=O)OCCOCCOc2ccc(C(C)(C)c3ccccc3)cc2)cc1.COCCOCCOC(=O)C1C2C=CC(C1C(=O)O)C(C(=O)O)C2C(=O)OCCOCCOC.O=C(O)C1C2C=CC(C1C(=O)OCCOCCOc1ccccc1)C(C(=O)OCCOCCOc1ccccc1)C2C(=O)O. The van der Waals surface area contributed by atoms with E-state index in [1.54, 1.807) is 0 Å². The molecule has 0 saturated heterocycles. The highest BCUT2D eigenvalue weighted by atomic mass is 16.6. The Hall–Kier alpha value is -12.9. The molecule has 6 bridgehead atoms. The zero-order valence-electron chi connectivity index (χ0n) is 78.9. The molecule has 12 atom stereocenters. The van der Waals surface area contributed by atoms with Crippen molar-refractivity contribution in [1.29, 1.82) is 0 Å². The van der Waals surface area contributed by atoms with Crippen LogP contribution in [0.2, 0.25) is 0 Å². The van der Waals surface area contributed by atoms with Crippen molar-refractivity contribution in [3.05, 3.63) is 229 Å². The quantitative estimate of drug-likeness (QED) is 0.00894. The summed E-state index contributed by atoms with van der Waals surface area (Å²) < 4.78 is 96.9. The molecule has 0 heterocycles. The molecule has 140 heavy (non-hydrogen) atoms. The van der Waals surface area contributed by atoms with Gasteiger partial charge in [0.25, 0.3) is 0 Å². The minimum absolute atomic E-state index is 0.0152. The van der Waals surface area contributed by atoms with E-state index in [4.69, 9.17) is 85.3 Å². The number of benzene rings is 6. The van der Waals surface area contributed by atoms with Gasteiger partial charge in [0.05, 0.1) is 164 Å². The number of esters is 6. The van der Waals surface area contributed by atoms with Gasteiger partial charge in [-0.3, -0.25) is 57.5 Å². The van der Waals surface area contributed by atoms with Crippen LogP contribution in [0.4, 0.5) is 0 Å². The molecule has 0 spiro atoms. The van der Waals surface area contributed by atoms with Crippen LogP contribution in [0.3, 0.4) is 0 Å². The van der Waals surface area contributed by atoms with Crippen molar-refractivity contribution >= 4 is 71.6 Å². The highest BCUT2D eigenvalue weighted by molar-refractivity contribution is 5.92. The van der Waals surface area contributed by atoms with E-state index in [0.29, 0.717) is 49.4 Å². The van der Waals surface area contributed by atoms with Crippen molar-refractivity contribution in [1.82, 2.24) is 0 Å². The van der Waals surface area contributed by atoms with Crippen molar-refractivity contribution in [2.24, 2.45) is 107 Å². The van der Waals surface area contributed by atoms with Gasteiger partial charge in [-0.25, -0.2) is 0 Å². The number of hydrogen-bond acceptors (Lipinski definition) is 30. The molecule has 12 unspecified atom stereocenters. The standard InChI is InChI=1S/C50H56O12.C32H36O12.C22H32O12/c1-49(2,33-11-7-5-8-12-33)35-15-19-37(20-16-35)59-29-25-57-27-31-61-47(55)43-40-24-23-39(41(43)45(51)52)42(46(53)54)44(40)48(56)62-32-28-58-26-30-60-38-21-17-36(18-22-38)50(3,4)34-13-9-6-10-14-34;33-29(34)25-23-11-12-24(27(25)31(37)43-19-15-39-13-17-41-21-7-3-1-4-8-21)28(26(23)30(35)36)32(38)44-20-16-40-14-18-42-22-9-5-2-6-10-22;1-29-5-7-31-9-11-33-21(27)17-14-4-3-13(15(17)19(23)24)16(20(25)26)18(14)22(28)34-12-10-32-8-6-30-2/h5-24,39-44H,25-32H2,1-4H3,(H,51,52)(H,53,54);1-12,23-28H,13-20H2,(H,33,34)(H,35,36);3-4,13-18H,5-12H2,1-2H3,(H,23,24)(H,25,26). The first-order chi connectivity index (χ1) is 67.5. The van der Waals surface area contributed by atoms with E-state index in [1.807, 2.05) is 146 Å². The van der Waals surface area contributed by atoms with Crippen molar-refractivity contribution in [2.45, 2.75) is 38.5 Å². The van der Waals surface area contributed by atoms with Crippen LogP contribution in [-0.2, 0) is 135 Å². The van der Waals surface area contributed by atoms with Crippen LogP contribution >= 0.6 is 0 Å². The lowest BCUT2D eigenvalue weighted by atomic mass is 9.53. The fourth-order valence-corrected chi connectivity index (χ4v) is 18.7. The molecule has 9 aliphatic rings. The van der Waals surface area contributed by atoms with Gasteiger partial charge in [-0.2, -0.15) is 0 Å². The third-order valence-corrected chi connectivity index (χ3v) is 25.6. The number of fused-ring (bicyclic) bond motifs is 6. The molecular formula is C104H124O36. The topological polar surface area (TPSA) is 492 Å². The molecular weight excluding hydrogens is 1830 g/mol. The van der Waals surface area contributed by atoms with E-state index >= 15 is 0 Å². The molecule has 0 amide bonds. The minimum atomic E-state index is -1.41. The summed E-state index contributed by atoms with van der Waals surface area (Å²) >= 11 is 0. The number of hydrogen-bond donors (Lipinski definition) is 6. The number of rotatable bonds is 56. The number of methoxy groups -OCH3 is 2. The molecule has 36 nitrogen and oxygen atoms in total. The van der Waals surface area contributed by atoms with Crippen molar-refractivity contribution < 1.29 is 173 Å². The fraction of sp³-hybridized carbons (Fsp3) is 0.481. The van der Waals surface area contributed by atoms with Crippen molar-refractivity contribution in [2.75, 3.05) is 173 Å². The van der Waals surface area contributed by atoms with E-state index in [2.05, 4.69) is 52.0 Å². The van der Waals surface area contributed by atoms with Crippen molar-refractivity contribution in [3.63, 3.8) is 0 Å². The zero-order valence-corrected chi connectivity index (χ0v) is 78.9. The summed E-state index contributed by atoms with van der Waals surface area (Å²) in [6, 6.07) is 54.6. The number of carbonyl (C=O) groups excluding carboxylic acids is 6. The Bertz CT molecular complexity index is 4770. The molecule has 36 heteroatoms. The Morgan fingerprint density at radius 1 is 0.207 bits per heavy atom. The first kappa shape index (κ1) is 109. The number of para-hydroxylation sites is 2. The van der Waals surface area contributed by atoms with E-state index < -0.39 is 178 Å². The number of carboxylic acid groups (broad SMARTS) is 6. The second-order valence-electron chi connectivity index (χ2n) is 34.7. The van der Waals surface area contributed by atoms with E-state index in [-0.39, 0.29) is 143 Å². The van der Waals surface area contributed by atoms with Gasteiger partial charge in [0.1, 0.15) is 89.1 Å². The lowest BCUT2D eigenvalue weighted by molar-refractivity contribution is -0.183. The largest absolute Gasteiger partial charge is 0.491 e. The van der Waals surface area contributed by atoms with Gasteiger partial charge in [-0.1, -0.05) is 185 Å². The molecule has 3 fully saturated rings. The van der Waals surface area contributed by atoms with Crippen LogP contribution in [0.1, 0.15) is 49.9 Å². The van der Waals surface area contributed by atoms with Gasteiger partial charge >= 0.3 is 71.6 Å². The highest BCUT2D eigenvalue weighted by Gasteiger charge is 2.65. The average Bonchev–Trinajstić information content (AvgIpc) is 0.733. The van der Waals surface area contributed by atoms with Crippen LogP contribution in [0.15, 0.2) is 206 Å². The van der Waals surface area contributed by atoms with Crippen LogP contribution < -0.4 is 18.9 Å². The molecule has 0 radical (unpaired) electrons. The van der Waals surface area contributed by atoms with Gasteiger partial charge in [0.15, 0.2) is 0 Å². The van der Waals surface area contributed by atoms with Gasteiger partial charge in [-0.05, 0) is 70.8 Å². The van der Waals surface area contributed by atoms with Gasteiger partial charge in [0.2, 0.25) is 0 Å². The average molecular weight is 1950 g/mol. The first-order valence-electron chi connectivity index (χ1n) is 46.3. The predicted molar refractivity (Wildman–Crippen MR) is 495 cm³/mol. The fourth-order valence-electron chi connectivity index (χ4n) is 18.7. The zero-order chi connectivity index (χ0) is 101. The number of ether oxygens (including phenoxy) is 18. The summed E-state index contributed by atoms with van der Waals surface area (Å²) in [5.74, 6) is -32.7. The maximum atomic E-state index is 13.5. The number of allylic oxidation sites excluding steroid dienone is 6. The molecule has 9 aliphatic carbocycles. The Morgan fingerprint density at radius 2 is 0.371 bits per heavy atom. The summed E-state index contributed by atoms with van der Waals surface area (Å²) in [5.41, 5.74) is 4.35. The lowest BCUT2D eigenvalue weighted by Crippen LogP contribution is -2.58. The summed E-state index contributed by atoms with van der Waals surface area (Å²) in [6.45, 7) is 11.3. The van der Waals surface area contributed by atoms with Crippen LogP contribution in [0.5, 0.6) is 23.0 Å². The Kier molecular flexibility index (Phi) is 43.0. The van der Waals surface area contributed by atoms with Crippen LogP contribution in [0, 0.1) is 107 Å². The third-order valence-electron chi connectivity index (χ3n) is 25.6. The van der Waals surface area contributed by atoms with Crippen LogP contribution in [0.25, 0.3) is 0 Å². The maximum absolute atomic E-state index is 13.5. The van der Waals surface area contributed by atoms with Crippen LogP contribution in [-0.4, -0.2) is 275 Å². The summed E-state index contributed by atoms with van der Waals surface area (Å²) in [6.07, 6.45) is 8.96. The second-order valence-corrected chi connectivity index (χ2v) is 34.7. The third kappa shape index (κ3) is 29.8. The molecule has 0 aliphatic heterocycles. The molecule has 15 rings (SSSR count). The van der Waals surface area contributed by atoms with E-state index in [0.717, 1.165) is 11.1 Å². The summed E-state index contributed by atoms with van der Waals surface area (Å²) in [5, 5.41) is 59.9. The van der Waals surface area contributed by atoms with Gasteiger partial charge < -0.3 is 116 Å². The first-order valence-corrected chi connectivity index (χ1v) is 46.3. The Labute approximate surface area is 810 Å². The number of carboxylic acids is 6. The number of carbonyl (C=O) groups is 12. The highest BCUT2D eigenvalue weighted by Crippen LogP contribution is 2.56. The smallest absolute Gasteiger partial charge is 0.310 e. The summed E-state index contributed by atoms with van der Waals surface area (Å²) in [7, 11) is 3.03. The summed E-state index contributed by atoms with van der Waals surface area (Å²) in [4.78, 5) is 152. The van der Waals surface area contributed by atoms with E-state index in [9.17, 15) is 88.2 Å². The monoisotopic (exact) mass is 1950 g/mol. The molecule has 6 aromatic carbocycles. The van der Waals surface area contributed by atoms with E-state index in [1.165, 1.54) is 61.8 Å². The normalized spacial score (nSPS) is 23.1. The molecule has 6 N–H and O–H groups in total. The van der Waals surface area contributed by atoms with Crippen molar-refractivity contribution in [3.8, 4) is 23.0 Å². The Balaban J connectivity index is 0.000000227. The maximum Gasteiger partial charge on any atom is 0.310 e. The molecule has 6 aromatic rings. The second kappa shape index (κ2) is 55.2. The minimum Gasteiger partial charge on any atom is -0.491 e. The Morgan fingerprint density at radius 3 is 0.564 bits per heavy atom. The van der Waals surface area contributed by atoms with Gasteiger partial charge in [0, 0.05) is 60.6 Å². The predicted octanol–water partition coefficient (Wildman–Crippen LogP) is 9.93. The molecule has 3 saturated carbocycles.